The molecule has 2 rings (SSSR count). The van der Waals surface area contributed by atoms with Gasteiger partial charge in [-0.1, -0.05) is 60.7 Å². The smallest absolute Gasteiger partial charge is 0.325 e. The molecule has 1 amide bonds. The van der Waals surface area contributed by atoms with Crippen molar-refractivity contribution in [3.05, 3.63) is 71.8 Å². The summed E-state index contributed by atoms with van der Waals surface area (Å²) < 4.78 is 0. The third-order valence-electron chi connectivity index (χ3n) is 4.37. The summed E-state index contributed by atoms with van der Waals surface area (Å²) in [5, 5.41) is 26.2. The van der Waals surface area contributed by atoms with Crippen LogP contribution in [0.4, 0.5) is 0 Å². The van der Waals surface area contributed by atoms with Crippen LogP contribution >= 0.6 is 0 Å². The minimum Gasteiger partial charge on any atom is -0.480 e. The number of hydrazone groups is 1. The molecule has 0 saturated carbocycles. The molecular weight excluding hydrogens is 386 g/mol. The van der Waals surface area contributed by atoms with E-state index >= 15 is 0 Å². The summed E-state index contributed by atoms with van der Waals surface area (Å²) in [7, 11) is 0. The summed E-state index contributed by atoms with van der Waals surface area (Å²) in [5.74, 6) is -2.93. The van der Waals surface area contributed by atoms with Crippen molar-refractivity contribution in [1.29, 1.82) is 0 Å². The van der Waals surface area contributed by atoms with Crippen LogP contribution < -0.4 is 5.32 Å². The minimum absolute atomic E-state index is 0.281. The predicted molar refractivity (Wildman–Crippen MR) is 112 cm³/mol. The van der Waals surface area contributed by atoms with E-state index in [1.807, 2.05) is 36.4 Å². The first-order chi connectivity index (χ1) is 14.4. The van der Waals surface area contributed by atoms with Crippen molar-refractivity contribution in [3.8, 4) is 0 Å². The van der Waals surface area contributed by atoms with Crippen molar-refractivity contribution < 1.29 is 24.6 Å². The quantitative estimate of drug-likeness (QED) is 0.384. The fourth-order valence-electron chi connectivity index (χ4n) is 2.81. The highest BCUT2D eigenvalue weighted by Gasteiger charge is 2.27. The molecule has 158 valence electrons. The topological polar surface area (TPSA) is 119 Å². The van der Waals surface area contributed by atoms with Gasteiger partial charge in [-0.15, -0.1) is 0 Å². The van der Waals surface area contributed by atoms with Gasteiger partial charge in [0.25, 0.3) is 5.91 Å². The van der Waals surface area contributed by atoms with Crippen LogP contribution in [0.25, 0.3) is 0 Å². The number of hydrogen-bond donors (Lipinski definition) is 3. The molecule has 0 aliphatic carbocycles. The maximum absolute atomic E-state index is 12.7. The minimum atomic E-state index is -1.22. The lowest BCUT2D eigenvalue weighted by Gasteiger charge is -2.23. The number of aryl methyl sites for hydroxylation is 1. The Morgan fingerprint density at radius 1 is 1.03 bits per heavy atom. The van der Waals surface area contributed by atoms with Crippen LogP contribution in [-0.2, 0) is 20.8 Å². The van der Waals surface area contributed by atoms with Crippen molar-refractivity contribution in [1.82, 2.24) is 10.3 Å². The number of nitrogens with zero attached hydrogens (tertiary/aromatic N) is 2. The Morgan fingerprint density at radius 2 is 1.63 bits per heavy atom. The van der Waals surface area contributed by atoms with Crippen molar-refractivity contribution >= 4 is 24.1 Å². The van der Waals surface area contributed by atoms with E-state index in [-0.39, 0.29) is 6.42 Å². The molecule has 2 aromatic carbocycles. The molecule has 8 nitrogen and oxygen atoms in total. The van der Waals surface area contributed by atoms with Crippen LogP contribution in [0.15, 0.2) is 65.8 Å². The molecule has 0 aromatic heterocycles. The van der Waals surface area contributed by atoms with Gasteiger partial charge in [0.2, 0.25) is 0 Å². The molecule has 0 aliphatic heterocycles. The average Bonchev–Trinajstić information content (AvgIpc) is 2.74. The molecule has 0 aliphatic rings. The largest absolute Gasteiger partial charge is 0.480 e. The summed E-state index contributed by atoms with van der Waals surface area (Å²) in [6.45, 7) is 0.865. The molecule has 0 radical (unpaired) electrons. The Bertz CT molecular complexity index is 871. The van der Waals surface area contributed by atoms with Crippen molar-refractivity contribution in [2.45, 2.75) is 31.8 Å². The Morgan fingerprint density at radius 3 is 2.20 bits per heavy atom. The number of nitrogens with one attached hydrogen (secondary N) is 1. The van der Waals surface area contributed by atoms with E-state index in [4.69, 9.17) is 5.11 Å². The van der Waals surface area contributed by atoms with Gasteiger partial charge in [0, 0.05) is 0 Å². The summed E-state index contributed by atoms with van der Waals surface area (Å²) in [4.78, 5) is 35.5. The maximum Gasteiger partial charge on any atom is 0.325 e. The highest BCUT2D eigenvalue weighted by atomic mass is 16.4. The fourth-order valence-corrected chi connectivity index (χ4v) is 2.81. The molecule has 2 atom stereocenters. The summed E-state index contributed by atoms with van der Waals surface area (Å²) in [6.07, 6.45) is 2.19. The van der Waals surface area contributed by atoms with Crippen LogP contribution in [0.2, 0.25) is 0 Å². The molecule has 0 bridgehead atoms. The monoisotopic (exact) mass is 411 g/mol. The summed E-state index contributed by atoms with van der Waals surface area (Å²) >= 11 is 0. The molecule has 30 heavy (non-hydrogen) atoms. The van der Waals surface area contributed by atoms with Crippen LogP contribution in [-0.4, -0.2) is 57.9 Å². The Labute approximate surface area is 174 Å². The summed E-state index contributed by atoms with van der Waals surface area (Å²) in [5.41, 5.74) is 1.69. The lowest BCUT2D eigenvalue weighted by Crippen LogP contribution is -2.50. The van der Waals surface area contributed by atoms with E-state index < -0.39 is 36.5 Å². The first-order valence-electron chi connectivity index (χ1n) is 9.52. The zero-order chi connectivity index (χ0) is 21.9. The molecular formula is C22H25N3O5. The third-order valence-corrected chi connectivity index (χ3v) is 4.37. The zero-order valence-electron chi connectivity index (χ0n) is 16.6. The second-order valence-corrected chi connectivity index (χ2v) is 6.75. The second-order valence-electron chi connectivity index (χ2n) is 6.75. The first kappa shape index (κ1) is 22.8. The van der Waals surface area contributed by atoms with Gasteiger partial charge < -0.3 is 10.2 Å². The van der Waals surface area contributed by atoms with Crippen LogP contribution in [0.3, 0.4) is 0 Å². The summed E-state index contributed by atoms with van der Waals surface area (Å²) in [6, 6.07) is 16.5. The van der Waals surface area contributed by atoms with Gasteiger partial charge in [-0.05, 0) is 30.9 Å². The number of carbonyl (C=O) groups excluding carboxylic acids is 1. The molecule has 0 fully saturated rings. The Balaban J connectivity index is 2.04. The van der Waals surface area contributed by atoms with E-state index in [0.29, 0.717) is 12.0 Å². The second kappa shape index (κ2) is 11.5. The van der Waals surface area contributed by atoms with Gasteiger partial charge in [0.05, 0.1) is 12.3 Å². The van der Waals surface area contributed by atoms with E-state index in [9.17, 15) is 19.5 Å². The Kier molecular flexibility index (Phi) is 8.71. The number of carboxylic acid groups (broad SMARTS) is 2. The van der Waals surface area contributed by atoms with Crippen LogP contribution in [0, 0.1) is 0 Å². The molecule has 2 aromatic rings. The van der Waals surface area contributed by atoms with Gasteiger partial charge in [0.15, 0.2) is 0 Å². The lowest BCUT2D eigenvalue weighted by atomic mass is 10.0. The number of aliphatic carboxylic acids is 2. The van der Waals surface area contributed by atoms with Gasteiger partial charge in [-0.3, -0.25) is 19.7 Å². The average molecular weight is 411 g/mol. The zero-order valence-corrected chi connectivity index (χ0v) is 16.6. The van der Waals surface area contributed by atoms with E-state index in [0.717, 1.165) is 10.6 Å². The molecule has 8 heteroatoms. The van der Waals surface area contributed by atoms with Crippen molar-refractivity contribution in [3.63, 3.8) is 0 Å². The van der Waals surface area contributed by atoms with Crippen molar-refractivity contribution in [2.24, 2.45) is 5.10 Å². The van der Waals surface area contributed by atoms with Gasteiger partial charge in [-0.2, -0.15) is 5.10 Å². The van der Waals surface area contributed by atoms with Crippen LogP contribution in [0.1, 0.15) is 24.5 Å². The number of amides is 1. The van der Waals surface area contributed by atoms with Crippen LogP contribution in [0.5, 0.6) is 0 Å². The number of carbonyl (C=O) groups is 3. The number of hydrogen-bond acceptors (Lipinski definition) is 5. The standard InChI is InChI=1S/C22H25N3O5/c1-16(24-19(22(29)30)13-12-17-8-4-2-5-9-17)21(28)25(15-20(26)27)23-14-18-10-6-3-7-11-18/h2-11,14,16,19,24H,12-13,15H2,1H3,(H,26,27)(H,29,30)/b23-14+/t16-,19?/m0/s1. The lowest BCUT2D eigenvalue weighted by molar-refractivity contribution is -0.146. The van der Waals surface area contributed by atoms with E-state index in [1.165, 1.54) is 13.1 Å². The maximum atomic E-state index is 12.7. The normalized spacial score (nSPS) is 13.0. The van der Waals surface area contributed by atoms with Gasteiger partial charge >= 0.3 is 11.9 Å². The molecule has 0 spiro atoms. The first-order valence-corrected chi connectivity index (χ1v) is 9.52. The number of benzene rings is 2. The fraction of sp³-hybridized carbons (Fsp3) is 0.273. The molecule has 1 unspecified atom stereocenters. The highest BCUT2D eigenvalue weighted by Crippen LogP contribution is 2.07. The highest BCUT2D eigenvalue weighted by molar-refractivity contribution is 5.87. The van der Waals surface area contributed by atoms with Crippen molar-refractivity contribution in [2.75, 3.05) is 6.54 Å². The molecule has 3 N–H and O–H groups in total. The number of rotatable bonds is 11. The SMILES string of the molecule is C[C@H](NC(CCc1ccccc1)C(=O)O)C(=O)N(CC(=O)O)/N=C/c1ccccc1. The third kappa shape index (κ3) is 7.48. The molecule has 0 heterocycles. The Hall–Kier alpha value is -3.52. The number of carboxylic acids is 2. The van der Waals surface area contributed by atoms with E-state index in [1.54, 1.807) is 24.3 Å². The van der Waals surface area contributed by atoms with Gasteiger partial charge in [-0.25, -0.2) is 5.01 Å². The van der Waals surface area contributed by atoms with Gasteiger partial charge in [0.1, 0.15) is 12.6 Å². The van der Waals surface area contributed by atoms with E-state index in [2.05, 4.69) is 10.4 Å². The predicted octanol–water partition coefficient (Wildman–Crippen LogP) is 2.00. The molecule has 0 saturated heterocycles.